The number of hydrogen-bond donors (Lipinski definition) is 0. The Morgan fingerprint density at radius 2 is 0.855 bits per heavy atom. The lowest BCUT2D eigenvalue weighted by atomic mass is 9.67. The van der Waals surface area contributed by atoms with Crippen molar-refractivity contribution in [1.29, 1.82) is 0 Å². The zero-order valence-electron chi connectivity index (χ0n) is 37.8. The van der Waals surface area contributed by atoms with Gasteiger partial charge in [0.1, 0.15) is 5.69 Å². The third-order valence-corrected chi connectivity index (χ3v) is 14.0. The molecule has 0 saturated heterocycles. The van der Waals surface area contributed by atoms with Gasteiger partial charge in [0.05, 0.1) is 16.6 Å². The lowest BCUT2D eigenvalue weighted by Crippen LogP contribution is -2.28. The molecule has 2 heterocycles. The van der Waals surface area contributed by atoms with Crippen LogP contribution in [0.1, 0.15) is 22.3 Å². The summed E-state index contributed by atoms with van der Waals surface area (Å²) in [6.07, 6.45) is 0. The molecular formula is C66H45N3. The molecule has 324 valence electrons. The first-order valence-electron chi connectivity index (χ1n) is 23.7. The Balaban J connectivity index is 1.09. The van der Waals surface area contributed by atoms with Crippen molar-refractivity contribution in [3.8, 4) is 55.9 Å². The number of benzene rings is 10. The van der Waals surface area contributed by atoms with Crippen molar-refractivity contribution in [2.45, 2.75) is 5.41 Å². The number of nitrogens with zero attached hydrogens (tertiary/aromatic N) is 3. The van der Waals surface area contributed by atoms with Gasteiger partial charge in [-0.15, -0.1) is 0 Å². The molecule has 0 aliphatic heterocycles. The summed E-state index contributed by atoms with van der Waals surface area (Å²) in [5.74, 6) is 0. The van der Waals surface area contributed by atoms with Crippen molar-refractivity contribution in [1.82, 2.24) is 9.61 Å². The molecule has 0 N–H and O–H groups in total. The molecule has 12 aromatic rings. The highest BCUT2D eigenvalue weighted by atomic mass is 15.2. The molecule has 2 aromatic heterocycles. The summed E-state index contributed by atoms with van der Waals surface area (Å²) in [6.45, 7) is 0. The van der Waals surface area contributed by atoms with Gasteiger partial charge in [0, 0.05) is 39.1 Å². The smallest absolute Gasteiger partial charge is 0.101 e. The molecule has 3 nitrogen and oxygen atoms in total. The predicted octanol–water partition coefficient (Wildman–Crippen LogP) is 17.0. The van der Waals surface area contributed by atoms with Gasteiger partial charge in [-0.2, -0.15) is 5.10 Å². The van der Waals surface area contributed by atoms with E-state index in [9.17, 15) is 0 Å². The Morgan fingerprint density at radius 1 is 0.348 bits per heavy atom. The number of aromatic nitrogens is 2. The van der Waals surface area contributed by atoms with E-state index in [0.29, 0.717) is 0 Å². The minimum atomic E-state index is -0.548. The van der Waals surface area contributed by atoms with E-state index in [1.807, 2.05) is 0 Å². The fraction of sp³-hybridized carbons (Fsp3) is 0.0152. The molecule has 1 aliphatic carbocycles. The van der Waals surface area contributed by atoms with E-state index < -0.39 is 5.41 Å². The van der Waals surface area contributed by atoms with E-state index in [2.05, 4.69) is 282 Å². The van der Waals surface area contributed by atoms with Crippen LogP contribution in [0.2, 0.25) is 0 Å². The summed E-state index contributed by atoms with van der Waals surface area (Å²) < 4.78 is 2.17. The van der Waals surface area contributed by atoms with Crippen LogP contribution in [0.25, 0.3) is 72.2 Å². The van der Waals surface area contributed by atoms with Crippen LogP contribution in [0.3, 0.4) is 0 Å². The molecule has 0 atom stereocenters. The largest absolute Gasteiger partial charge is 0.310 e. The number of fused-ring (bicyclic) bond motifs is 6. The standard InChI is InChI=1S/C66H45N3/c1-7-22-46(23-8-1)50-30-21-35-54(42-50)68(56-39-41-59-58-36-19-20-37-60(58)66(61(59)45-56,52-31-15-5-16-32-52)53-33-17-6-18-34-53)55-38-40-57-51(43-55)44-62(47-24-9-2-10-25-47)69-65(57)63(48-26-11-3-12-27-48)64(67-69)49-28-13-4-14-29-49/h1-45H. The third kappa shape index (κ3) is 6.62. The van der Waals surface area contributed by atoms with Gasteiger partial charge in [-0.3, -0.25) is 0 Å². The van der Waals surface area contributed by atoms with Crippen molar-refractivity contribution < 1.29 is 0 Å². The summed E-state index contributed by atoms with van der Waals surface area (Å²) in [5, 5.41) is 7.75. The molecule has 69 heavy (non-hydrogen) atoms. The Bertz CT molecular complexity index is 3770. The second-order valence-electron chi connectivity index (χ2n) is 17.9. The molecule has 13 rings (SSSR count). The Kier molecular flexibility index (Phi) is 9.73. The molecule has 0 unspecified atom stereocenters. The van der Waals surface area contributed by atoms with Crippen molar-refractivity contribution >= 4 is 33.4 Å². The maximum Gasteiger partial charge on any atom is 0.101 e. The maximum absolute atomic E-state index is 5.50. The Morgan fingerprint density at radius 3 is 1.52 bits per heavy atom. The van der Waals surface area contributed by atoms with Crippen LogP contribution >= 0.6 is 0 Å². The van der Waals surface area contributed by atoms with Gasteiger partial charge in [0.2, 0.25) is 0 Å². The van der Waals surface area contributed by atoms with E-state index in [0.717, 1.165) is 72.6 Å². The first kappa shape index (κ1) is 40.2. The first-order valence-corrected chi connectivity index (χ1v) is 23.7. The van der Waals surface area contributed by atoms with E-state index in [1.54, 1.807) is 0 Å². The van der Waals surface area contributed by atoms with E-state index in [4.69, 9.17) is 5.10 Å². The van der Waals surface area contributed by atoms with Crippen LogP contribution in [0.5, 0.6) is 0 Å². The molecule has 0 fully saturated rings. The van der Waals surface area contributed by atoms with Gasteiger partial charge in [0.25, 0.3) is 0 Å². The highest BCUT2D eigenvalue weighted by molar-refractivity contribution is 6.09. The predicted molar refractivity (Wildman–Crippen MR) is 286 cm³/mol. The molecule has 0 radical (unpaired) electrons. The van der Waals surface area contributed by atoms with E-state index >= 15 is 0 Å². The Hall–Kier alpha value is -9.05. The average molecular weight is 880 g/mol. The average Bonchev–Trinajstić information content (AvgIpc) is 3.98. The topological polar surface area (TPSA) is 20.5 Å². The fourth-order valence-corrected chi connectivity index (χ4v) is 11.0. The summed E-state index contributed by atoms with van der Waals surface area (Å²) >= 11 is 0. The van der Waals surface area contributed by atoms with Crippen LogP contribution in [0.4, 0.5) is 17.1 Å². The SMILES string of the molecule is c1ccc(-c2cccc(N(c3ccc4c(c3)C(c3ccccc3)(c3ccccc3)c3ccccc3-4)c3ccc4c(c3)cc(-c3ccccc3)n3nc(-c5ccccc5)c(-c5ccccc5)c43)c2)cc1. The lowest BCUT2D eigenvalue weighted by Gasteiger charge is -2.35. The van der Waals surface area contributed by atoms with Crippen LogP contribution in [0.15, 0.2) is 273 Å². The number of rotatable bonds is 9. The molecule has 0 amide bonds. The molecule has 0 bridgehead atoms. The normalized spacial score (nSPS) is 12.5. The van der Waals surface area contributed by atoms with E-state index in [-0.39, 0.29) is 0 Å². The van der Waals surface area contributed by atoms with Crippen LogP contribution < -0.4 is 4.90 Å². The second-order valence-corrected chi connectivity index (χ2v) is 17.9. The number of anilines is 3. The van der Waals surface area contributed by atoms with E-state index in [1.165, 1.54) is 38.9 Å². The maximum atomic E-state index is 5.50. The van der Waals surface area contributed by atoms with Gasteiger partial charge < -0.3 is 4.90 Å². The quantitative estimate of drug-likeness (QED) is 0.144. The van der Waals surface area contributed by atoms with Crippen LogP contribution in [-0.2, 0) is 5.41 Å². The van der Waals surface area contributed by atoms with Gasteiger partial charge >= 0.3 is 0 Å². The molecular weight excluding hydrogens is 835 g/mol. The van der Waals surface area contributed by atoms with Crippen LogP contribution in [-0.4, -0.2) is 9.61 Å². The lowest BCUT2D eigenvalue weighted by molar-refractivity contribution is 0.768. The molecule has 10 aromatic carbocycles. The van der Waals surface area contributed by atoms with Crippen molar-refractivity contribution in [2.75, 3.05) is 4.90 Å². The van der Waals surface area contributed by atoms with Gasteiger partial charge in [-0.1, -0.05) is 231 Å². The molecule has 0 spiro atoms. The summed E-state index contributed by atoms with van der Waals surface area (Å²) in [7, 11) is 0. The summed E-state index contributed by atoms with van der Waals surface area (Å²) in [4.78, 5) is 2.45. The van der Waals surface area contributed by atoms with Gasteiger partial charge in [0.15, 0.2) is 0 Å². The summed E-state index contributed by atoms with van der Waals surface area (Å²) in [5.41, 5.74) is 20.0. The van der Waals surface area contributed by atoms with Crippen molar-refractivity contribution in [3.05, 3.63) is 295 Å². The highest BCUT2D eigenvalue weighted by Crippen LogP contribution is 2.57. The zero-order valence-corrected chi connectivity index (χ0v) is 37.8. The van der Waals surface area contributed by atoms with Crippen molar-refractivity contribution in [3.63, 3.8) is 0 Å². The minimum absolute atomic E-state index is 0.548. The third-order valence-electron chi connectivity index (χ3n) is 14.0. The van der Waals surface area contributed by atoms with Gasteiger partial charge in [-0.25, -0.2) is 4.52 Å². The molecule has 0 saturated carbocycles. The van der Waals surface area contributed by atoms with Crippen molar-refractivity contribution in [2.24, 2.45) is 0 Å². The number of pyridine rings is 1. The first-order chi connectivity index (χ1) is 34.2. The summed E-state index contributed by atoms with van der Waals surface area (Å²) in [6, 6.07) is 99.2. The molecule has 3 heteroatoms. The number of hydrogen-bond acceptors (Lipinski definition) is 2. The molecule has 1 aliphatic rings. The van der Waals surface area contributed by atoms with Crippen LogP contribution in [0, 0.1) is 0 Å². The zero-order chi connectivity index (χ0) is 45.7. The van der Waals surface area contributed by atoms with Gasteiger partial charge in [-0.05, 0) is 97.9 Å². The fourth-order valence-electron chi connectivity index (χ4n) is 11.0. The minimum Gasteiger partial charge on any atom is -0.310 e. The monoisotopic (exact) mass is 879 g/mol. The Labute approximate surface area is 402 Å². The highest BCUT2D eigenvalue weighted by Gasteiger charge is 2.46. The second kappa shape index (κ2) is 16.7.